The summed E-state index contributed by atoms with van der Waals surface area (Å²) >= 11 is 1.73. The zero-order valence-electron chi connectivity index (χ0n) is 14.2. The van der Waals surface area contributed by atoms with Crippen LogP contribution in [0, 0.1) is 13.8 Å². The minimum atomic E-state index is -0.0104. The molecule has 0 unspecified atom stereocenters. The van der Waals surface area contributed by atoms with Gasteiger partial charge in [-0.1, -0.05) is 6.92 Å². The Kier molecular flexibility index (Phi) is 7.87. The van der Waals surface area contributed by atoms with Crippen LogP contribution < -0.4 is 10.6 Å². The number of hydrogen-bond donors (Lipinski definition) is 2. The van der Waals surface area contributed by atoms with Gasteiger partial charge in [-0.15, -0.1) is 11.3 Å². The lowest BCUT2D eigenvalue weighted by atomic mass is 10.4. The van der Waals surface area contributed by atoms with E-state index < -0.39 is 0 Å². The Hall–Kier alpha value is -1.63. The van der Waals surface area contributed by atoms with Gasteiger partial charge in [-0.05, 0) is 20.3 Å². The van der Waals surface area contributed by atoms with Crippen LogP contribution in [0.4, 0.5) is 0 Å². The molecule has 22 heavy (non-hydrogen) atoms. The van der Waals surface area contributed by atoms with Crippen molar-refractivity contribution in [1.29, 1.82) is 0 Å². The van der Waals surface area contributed by atoms with Gasteiger partial charge in [-0.2, -0.15) is 0 Å². The van der Waals surface area contributed by atoms with E-state index in [9.17, 15) is 4.79 Å². The molecule has 0 aliphatic heterocycles. The summed E-state index contributed by atoms with van der Waals surface area (Å²) in [6.07, 6.45) is 1.86. The fourth-order valence-corrected chi connectivity index (χ4v) is 2.57. The van der Waals surface area contributed by atoms with Crippen molar-refractivity contribution < 1.29 is 4.79 Å². The summed E-state index contributed by atoms with van der Waals surface area (Å²) in [6, 6.07) is 0. The number of likely N-dealkylation sites (N-methyl/N-ethyl adjacent to an activating group) is 1. The Bertz CT molecular complexity index is 491. The molecule has 0 saturated carbocycles. The molecular formula is C15H27N5OS. The predicted octanol–water partition coefficient (Wildman–Crippen LogP) is 1.34. The Morgan fingerprint density at radius 1 is 1.27 bits per heavy atom. The van der Waals surface area contributed by atoms with Gasteiger partial charge in [-0.3, -0.25) is 4.79 Å². The molecule has 0 spiro atoms. The quantitative estimate of drug-likeness (QED) is 0.586. The summed E-state index contributed by atoms with van der Waals surface area (Å²) in [5.74, 6) is 0.672. The number of nitrogens with one attached hydrogen (secondary N) is 2. The van der Waals surface area contributed by atoms with E-state index >= 15 is 0 Å². The first kappa shape index (κ1) is 18.4. The molecular weight excluding hydrogens is 298 g/mol. The minimum Gasteiger partial charge on any atom is -0.356 e. The van der Waals surface area contributed by atoms with Crippen LogP contribution in [-0.2, 0) is 11.2 Å². The van der Waals surface area contributed by atoms with E-state index in [0.29, 0.717) is 5.96 Å². The third-order valence-corrected chi connectivity index (χ3v) is 4.25. The molecule has 0 radical (unpaired) electrons. The van der Waals surface area contributed by atoms with E-state index in [4.69, 9.17) is 0 Å². The lowest BCUT2D eigenvalue weighted by molar-refractivity contribution is -0.127. The lowest BCUT2D eigenvalue weighted by Crippen LogP contribution is -2.39. The molecule has 1 rings (SSSR count). The van der Waals surface area contributed by atoms with E-state index in [0.717, 1.165) is 36.6 Å². The fourth-order valence-electron chi connectivity index (χ4n) is 1.64. The number of nitrogens with zero attached hydrogens (tertiary/aromatic N) is 3. The van der Waals surface area contributed by atoms with Gasteiger partial charge in [0, 0.05) is 38.5 Å². The van der Waals surface area contributed by atoms with Crippen molar-refractivity contribution in [3.8, 4) is 0 Å². The first-order chi connectivity index (χ1) is 10.4. The van der Waals surface area contributed by atoms with Gasteiger partial charge in [0.25, 0.3) is 0 Å². The first-order valence-electron chi connectivity index (χ1n) is 7.59. The lowest BCUT2D eigenvalue weighted by Gasteiger charge is -2.12. The number of amides is 1. The summed E-state index contributed by atoms with van der Waals surface area (Å²) < 4.78 is 0. The Morgan fingerprint density at radius 3 is 2.50 bits per heavy atom. The molecule has 1 heterocycles. The molecule has 1 amide bonds. The monoisotopic (exact) mass is 325 g/mol. The van der Waals surface area contributed by atoms with Crippen molar-refractivity contribution in [3.63, 3.8) is 0 Å². The van der Waals surface area contributed by atoms with Gasteiger partial charge in [0.1, 0.15) is 6.54 Å². The summed E-state index contributed by atoms with van der Waals surface area (Å²) in [5.41, 5.74) is 1.11. The molecule has 0 aliphatic rings. The van der Waals surface area contributed by atoms with Crippen molar-refractivity contribution in [2.75, 3.05) is 33.7 Å². The number of carbonyl (C=O) groups excluding carboxylic acids is 1. The van der Waals surface area contributed by atoms with Crippen LogP contribution in [0.1, 0.15) is 28.9 Å². The predicted molar refractivity (Wildman–Crippen MR) is 92.6 cm³/mol. The van der Waals surface area contributed by atoms with Crippen LogP contribution in [0.5, 0.6) is 0 Å². The zero-order chi connectivity index (χ0) is 16.5. The van der Waals surface area contributed by atoms with Gasteiger partial charge in [0.15, 0.2) is 5.96 Å². The van der Waals surface area contributed by atoms with Crippen LogP contribution in [0.2, 0.25) is 0 Å². The third kappa shape index (κ3) is 6.43. The van der Waals surface area contributed by atoms with Crippen molar-refractivity contribution >= 4 is 23.2 Å². The number of aromatic nitrogens is 1. The second-order valence-corrected chi connectivity index (χ2v) is 6.59. The molecule has 1 aromatic heterocycles. The summed E-state index contributed by atoms with van der Waals surface area (Å²) in [7, 11) is 3.47. The fraction of sp³-hybridized carbons (Fsp3) is 0.667. The highest BCUT2D eigenvalue weighted by Gasteiger charge is 2.06. The van der Waals surface area contributed by atoms with Crippen molar-refractivity contribution in [2.24, 2.45) is 4.99 Å². The van der Waals surface area contributed by atoms with Crippen molar-refractivity contribution in [1.82, 2.24) is 20.5 Å². The van der Waals surface area contributed by atoms with Crippen LogP contribution in [0.25, 0.3) is 0 Å². The summed E-state index contributed by atoms with van der Waals surface area (Å²) in [5, 5.41) is 7.61. The minimum absolute atomic E-state index is 0.0104. The van der Waals surface area contributed by atoms with E-state index in [1.165, 1.54) is 4.88 Å². The molecule has 0 aromatic carbocycles. The summed E-state index contributed by atoms with van der Waals surface area (Å²) in [6.45, 7) is 7.95. The standard InChI is InChI=1S/C15H27N5OS/c1-6-8-16-15(18-10-14(21)20(4)5)17-9-7-13-19-11(2)12(3)22-13/h6-10H2,1-5H3,(H2,16,17,18). The Balaban J connectivity index is 2.49. The molecule has 0 fully saturated rings. The van der Waals surface area contributed by atoms with Gasteiger partial charge >= 0.3 is 0 Å². The highest BCUT2D eigenvalue weighted by Crippen LogP contribution is 2.16. The third-order valence-electron chi connectivity index (χ3n) is 3.12. The number of aliphatic imine (C=N–C) groups is 1. The summed E-state index contributed by atoms with van der Waals surface area (Å²) in [4.78, 5) is 23.3. The number of carbonyl (C=O) groups is 1. The van der Waals surface area contributed by atoms with Crippen LogP contribution >= 0.6 is 11.3 Å². The number of rotatable bonds is 7. The maximum atomic E-state index is 11.6. The Labute approximate surface area is 137 Å². The van der Waals surface area contributed by atoms with E-state index in [-0.39, 0.29) is 12.5 Å². The van der Waals surface area contributed by atoms with Gasteiger partial charge in [-0.25, -0.2) is 9.98 Å². The highest BCUT2D eigenvalue weighted by atomic mass is 32.1. The van der Waals surface area contributed by atoms with Gasteiger partial charge in [0.05, 0.1) is 10.7 Å². The van der Waals surface area contributed by atoms with Crippen LogP contribution in [0.15, 0.2) is 4.99 Å². The molecule has 0 saturated heterocycles. The number of thiazole rings is 1. The van der Waals surface area contributed by atoms with Crippen molar-refractivity contribution in [3.05, 3.63) is 15.6 Å². The largest absolute Gasteiger partial charge is 0.356 e. The van der Waals surface area contributed by atoms with E-state index in [1.807, 2.05) is 6.92 Å². The molecule has 0 bridgehead atoms. The van der Waals surface area contributed by atoms with Crippen LogP contribution in [0.3, 0.4) is 0 Å². The van der Waals surface area contributed by atoms with Gasteiger partial charge in [0.2, 0.25) is 5.91 Å². The first-order valence-corrected chi connectivity index (χ1v) is 8.41. The highest BCUT2D eigenvalue weighted by molar-refractivity contribution is 7.11. The Morgan fingerprint density at radius 2 is 1.95 bits per heavy atom. The average Bonchev–Trinajstić information content (AvgIpc) is 2.79. The molecule has 124 valence electrons. The van der Waals surface area contributed by atoms with E-state index in [2.05, 4.69) is 34.5 Å². The number of aryl methyl sites for hydroxylation is 2. The normalized spacial score (nSPS) is 11.4. The molecule has 6 nitrogen and oxygen atoms in total. The maximum absolute atomic E-state index is 11.6. The maximum Gasteiger partial charge on any atom is 0.243 e. The molecule has 1 aromatic rings. The molecule has 0 aliphatic carbocycles. The number of hydrogen-bond acceptors (Lipinski definition) is 4. The average molecular weight is 325 g/mol. The number of guanidine groups is 1. The smallest absolute Gasteiger partial charge is 0.243 e. The SMILES string of the molecule is CCCNC(=NCC(=O)N(C)C)NCCc1nc(C)c(C)s1. The molecule has 7 heteroatoms. The topological polar surface area (TPSA) is 69.6 Å². The van der Waals surface area contributed by atoms with E-state index in [1.54, 1.807) is 30.3 Å². The molecule has 2 N–H and O–H groups in total. The second-order valence-electron chi connectivity index (χ2n) is 5.31. The van der Waals surface area contributed by atoms with Crippen molar-refractivity contribution in [2.45, 2.75) is 33.6 Å². The molecule has 0 atom stereocenters. The zero-order valence-corrected chi connectivity index (χ0v) is 15.0. The second kappa shape index (κ2) is 9.40. The van der Waals surface area contributed by atoms with Crippen LogP contribution in [-0.4, -0.2) is 55.5 Å². The van der Waals surface area contributed by atoms with Gasteiger partial charge < -0.3 is 15.5 Å².